The summed E-state index contributed by atoms with van der Waals surface area (Å²) in [5.41, 5.74) is 6.62. The van der Waals surface area contributed by atoms with Crippen LogP contribution in [0, 0.1) is 0 Å². The molecule has 1 atom stereocenters. The summed E-state index contributed by atoms with van der Waals surface area (Å²) in [6.45, 7) is 4.01. The first kappa shape index (κ1) is 14.6. The minimum absolute atomic E-state index is 0.186. The molecule has 0 aliphatic rings. The molecule has 0 saturated carbocycles. The smallest absolute Gasteiger partial charge is 0.127 e. The first-order valence-corrected chi connectivity index (χ1v) is 6.85. The van der Waals surface area contributed by atoms with Crippen molar-refractivity contribution in [2.75, 3.05) is 6.54 Å². The van der Waals surface area contributed by atoms with E-state index in [0.29, 0.717) is 0 Å². The maximum absolute atomic E-state index is 10.1. The molecular weight excluding hydrogens is 250 g/mol. The third-order valence-corrected chi connectivity index (χ3v) is 3.44. The van der Waals surface area contributed by atoms with Crippen LogP contribution in [0.4, 0.5) is 0 Å². The standard InChI is InChI=1S/C17H21NO2/c1-3-13-4-8-15(9-5-13)20-16-10-6-14(7-11-16)17(2,19)12-18/h4-11,19H,3,12,18H2,1-2H3. The monoisotopic (exact) mass is 271 g/mol. The average Bonchev–Trinajstić information content (AvgIpc) is 2.48. The van der Waals surface area contributed by atoms with Gasteiger partial charge < -0.3 is 15.6 Å². The molecular formula is C17H21NO2. The van der Waals surface area contributed by atoms with E-state index in [1.165, 1.54) is 5.56 Å². The molecule has 2 aromatic carbocycles. The molecule has 3 heteroatoms. The number of ether oxygens (including phenoxy) is 1. The van der Waals surface area contributed by atoms with Gasteiger partial charge in [0, 0.05) is 6.54 Å². The van der Waals surface area contributed by atoms with Gasteiger partial charge >= 0.3 is 0 Å². The largest absolute Gasteiger partial charge is 0.457 e. The Bertz CT molecular complexity index is 544. The van der Waals surface area contributed by atoms with Gasteiger partial charge in [-0.3, -0.25) is 0 Å². The molecule has 0 radical (unpaired) electrons. The highest BCUT2D eigenvalue weighted by Crippen LogP contribution is 2.25. The van der Waals surface area contributed by atoms with Crippen LogP contribution in [0.1, 0.15) is 25.0 Å². The molecule has 3 N–H and O–H groups in total. The van der Waals surface area contributed by atoms with E-state index in [2.05, 4.69) is 19.1 Å². The van der Waals surface area contributed by atoms with Crippen LogP contribution < -0.4 is 10.5 Å². The van der Waals surface area contributed by atoms with E-state index in [1.807, 2.05) is 36.4 Å². The van der Waals surface area contributed by atoms with Crippen molar-refractivity contribution in [3.05, 3.63) is 59.7 Å². The summed E-state index contributed by atoms with van der Waals surface area (Å²) >= 11 is 0. The predicted molar refractivity (Wildman–Crippen MR) is 81.0 cm³/mol. The van der Waals surface area contributed by atoms with Gasteiger partial charge in [-0.15, -0.1) is 0 Å². The molecule has 1 unspecified atom stereocenters. The Morgan fingerprint density at radius 1 is 1.00 bits per heavy atom. The van der Waals surface area contributed by atoms with E-state index in [-0.39, 0.29) is 6.54 Å². The lowest BCUT2D eigenvalue weighted by molar-refractivity contribution is 0.0668. The summed E-state index contributed by atoms with van der Waals surface area (Å²) in [5.74, 6) is 1.55. The topological polar surface area (TPSA) is 55.5 Å². The van der Waals surface area contributed by atoms with E-state index in [9.17, 15) is 5.11 Å². The molecule has 0 amide bonds. The van der Waals surface area contributed by atoms with E-state index in [4.69, 9.17) is 10.5 Å². The minimum Gasteiger partial charge on any atom is -0.457 e. The molecule has 3 nitrogen and oxygen atoms in total. The first-order valence-electron chi connectivity index (χ1n) is 6.85. The molecule has 2 aromatic rings. The lowest BCUT2D eigenvalue weighted by Gasteiger charge is -2.21. The summed E-state index contributed by atoms with van der Waals surface area (Å²) in [6.07, 6.45) is 1.02. The molecule has 0 bridgehead atoms. The fourth-order valence-electron chi connectivity index (χ4n) is 1.93. The normalized spacial score (nSPS) is 13.8. The summed E-state index contributed by atoms with van der Waals surface area (Å²) < 4.78 is 5.77. The van der Waals surface area contributed by atoms with Gasteiger partial charge in [-0.1, -0.05) is 31.2 Å². The Labute approximate surface area is 120 Å². The minimum atomic E-state index is -0.999. The van der Waals surface area contributed by atoms with Gasteiger partial charge in [0.15, 0.2) is 0 Å². The summed E-state index contributed by atoms with van der Waals surface area (Å²) in [7, 11) is 0. The second kappa shape index (κ2) is 6.07. The second-order valence-electron chi connectivity index (χ2n) is 5.10. The van der Waals surface area contributed by atoms with E-state index >= 15 is 0 Å². The van der Waals surface area contributed by atoms with Gasteiger partial charge in [-0.25, -0.2) is 0 Å². The molecule has 0 spiro atoms. The fraction of sp³-hybridized carbons (Fsp3) is 0.294. The van der Waals surface area contributed by atoms with Crippen molar-refractivity contribution in [1.82, 2.24) is 0 Å². The highest BCUT2D eigenvalue weighted by atomic mass is 16.5. The highest BCUT2D eigenvalue weighted by molar-refractivity contribution is 5.36. The number of aliphatic hydroxyl groups is 1. The molecule has 0 saturated heterocycles. The van der Waals surface area contributed by atoms with Crippen molar-refractivity contribution in [3.8, 4) is 11.5 Å². The van der Waals surface area contributed by atoms with E-state index in [1.54, 1.807) is 6.92 Å². The van der Waals surface area contributed by atoms with Crippen LogP contribution in [0.15, 0.2) is 48.5 Å². The summed E-state index contributed by atoms with van der Waals surface area (Å²) in [4.78, 5) is 0. The van der Waals surface area contributed by atoms with Crippen molar-refractivity contribution in [2.24, 2.45) is 5.73 Å². The molecule has 0 fully saturated rings. The van der Waals surface area contributed by atoms with Crippen LogP contribution >= 0.6 is 0 Å². The number of rotatable bonds is 5. The van der Waals surface area contributed by atoms with Crippen LogP contribution in [0.5, 0.6) is 11.5 Å². The highest BCUT2D eigenvalue weighted by Gasteiger charge is 2.20. The van der Waals surface area contributed by atoms with Gasteiger partial charge in [0.05, 0.1) is 5.60 Å². The van der Waals surface area contributed by atoms with Gasteiger partial charge in [-0.2, -0.15) is 0 Å². The van der Waals surface area contributed by atoms with Crippen LogP contribution in [0.2, 0.25) is 0 Å². The van der Waals surface area contributed by atoms with Crippen molar-refractivity contribution in [2.45, 2.75) is 25.9 Å². The van der Waals surface area contributed by atoms with Crippen molar-refractivity contribution in [1.29, 1.82) is 0 Å². The Balaban J connectivity index is 2.10. The van der Waals surface area contributed by atoms with Gasteiger partial charge in [-0.05, 0) is 48.7 Å². The molecule has 0 aromatic heterocycles. The Morgan fingerprint density at radius 2 is 1.50 bits per heavy atom. The zero-order valence-corrected chi connectivity index (χ0v) is 12.0. The third-order valence-electron chi connectivity index (χ3n) is 3.44. The number of nitrogens with two attached hydrogens (primary N) is 1. The van der Waals surface area contributed by atoms with Gasteiger partial charge in [0.1, 0.15) is 11.5 Å². The molecule has 0 aliphatic carbocycles. The number of aryl methyl sites for hydroxylation is 1. The van der Waals surface area contributed by atoms with Crippen molar-refractivity contribution < 1.29 is 9.84 Å². The maximum Gasteiger partial charge on any atom is 0.127 e. The number of hydrogen-bond acceptors (Lipinski definition) is 3. The lowest BCUT2D eigenvalue weighted by Crippen LogP contribution is -2.31. The number of hydrogen-bond donors (Lipinski definition) is 2. The molecule has 106 valence electrons. The van der Waals surface area contributed by atoms with Gasteiger partial charge in [0.25, 0.3) is 0 Å². The Kier molecular flexibility index (Phi) is 4.42. The van der Waals surface area contributed by atoms with Crippen LogP contribution in [-0.4, -0.2) is 11.7 Å². The zero-order valence-electron chi connectivity index (χ0n) is 12.0. The molecule has 20 heavy (non-hydrogen) atoms. The predicted octanol–water partition coefficient (Wildman–Crippen LogP) is 3.21. The fourth-order valence-corrected chi connectivity index (χ4v) is 1.93. The van der Waals surface area contributed by atoms with Crippen molar-refractivity contribution >= 4 is 0 Å². The zero-order chi connectivity index (χ0) is 14.6. The van der Waals surface area contributed by atoms with E-state index < -0.39 is 5.60 Å². The average molecular weight is 271 g/mol. The molecule has 2 rings (SSSR count). The third kappa shape index (κ3) is 3.38. The van der Waals surface area contributed by atoms with Crippen molar-refractivity contribution in [3.63, 3.8) is 0 Å². The van der Waals surface area contributed by atoms with E-state index in [0.717, 1.165) is 23.5 Å². The maximum atomic E-state index is 10.1. The molecule has 0 aliphatic heterocycles. The van der Waals surface area contributed by atoms with Gasteiger partial charge in [0.2, 0.25) is 0 Å². The Morgan fingerprint density at radius 3 is 1.95 bits per heavy atom. The lowest BCUT2D eigenvalue weighted by atomic mass is 9.96. The second-order valence-corrected chi connectivity index (χ2v) is 5.10. The quantitative estimate of drug-likeness (QED) is 0.878. The van der Waals surface area contributed by atoms with Crippen LogP contribution in [-0.2, 0) is 12.0 Å². The summed E-state index contributed by atoms with van der Waals surface area (Å²) in [5, 5.41) is 10.1. The van der Waals surface area contributed by atoms with Crippen LogP contribution in [0.25, 0.3) is 0 Å². The Hall–Kier alpha value is -1.84. The summed E-state index contributed by atoms with van der Waals surface area (Å²) in [6, 6.07) is 15.4. The molecule has 0 heterocycles. The first-order chi connectivity index (χ1) is 9.55. The number of benzene rings is 2. The SMILES string of the molecule is CCc1ccc(Oc2ccc(C(C)(O)CN)cc2)cc1. The van der Waals surface area contributed by atoms with Crippen LogP contribution in [0.3, 0.4) is 0 Å².